The predicted molar refractivity (Wildman–Crippen MR) is 54.9 cm³/mol. The minimum Gasteiger partial charge on any atom is -0.361 e. The molecule has 80 valence electrons. The Morgan fingerprint density at radius 1 is 1.73 bits per heavy atom. The van der Waals surface area contributed by atoms with Crippen LogP contribution < -0.4 is 0 Å². The Kier molecular flexibility index (Phi) is 3.02. The number of hydrogen-bond donors (Lipinski definition) is 0. The van der Waals surface area contributed by atoms with Crippen molar-refractivity contribution in [3.8, 4) is 6.07 Å². The summed E-state index contributed by atoms with van der Waals surface area (Å²) in [5, 5.41) is 12.8. The number of nitriles is 1. The first kappa shape index (κ1) is 10.2. The fourth-order valence-electron chi connectivity index (χ4n) is 2.03. The van der Waals surface area contributed by atoms with E-state index in [-0.39, 0.29) is 5.92 Å². The molecule has 4 nitrogen and oxygen atoms in total. The van der Waals surface area contributed by atoms with Crippen molar-refractivity contribution < 1.29 is 4.52 Å². The lowest BCUT2D eigenvalue weighted by molar-refractivity contribution is 0.187. The molecular formula is C11H15N3O. The Hall–Kier alpha value is -1.34. The molecule has 1 aromatic rings. The van der Waals surface area contributed by atoms with Crippen LogP contribution in [0.5, 0.6) is 0 Å². The Morgan fingerprint density at radius 2 is 2.60 bits per heavy atom. The molecule has 0 bridgehead atoms. The minimum atomic E-state index is 0.187. The number of aryl methyl sites for hydroxylation is 1. The smallest absolute Gasteiger partial charge is 0.133 e. The van der Waals surface area contributed by atoms with Crippen molar-refractivity contribution in [1.82, 2.24) is 10.1 Å². The summed E-state index contributed by atoms with van der Waals surface area (Å²) in [5.74, 6) is 1.03. The van der Waals surface area contributed by atoms with Gasteiger partial charge in [-0.2, -0.15) is 5.26 Å². The van der Waals surface area contributed by atoms with Gasteiger partial charge >= 0.3 is 0 Å². The fourth-order valence-corrected chi connectivity index (χ4v) is 2.03. The van der Waals surface area contributed by atoms with Crippen LogP contribution in [-0.4, -0.2) is 23.1 Å². The summed E-state index contributed by atoms with van der Waals surface area (Å²) >= 11 is 0. The van der Waals surface area contributed by atoms with Gasteiger partial charge in [-0.25, -0.2) is 0 Å². The molecule has 0 amide bonds. The van der Waals surface area contributed by atoms with Crippen molar-refractivity contribution in [2.24, 2.45) is 5.92 Å². The van der Waals surface area contributed by atoms with Crippen LogP contribution in [0.25, 0.3) is 0 Å². The lowest BCUT2D eigenvalue weighted by atomic mass is 10.00. The number of hydrogen-bond acceptors (Lipinski definition) is 4. The van der Waals surface area contributed by atoms with Gasteiger partial charge in [0.1, 0.15) is 5.76 Å². The SMILES string of the molecule is Cc1cc(CN2CCCC(C#N)C2)no1. The summed E-state index contributed by atoms with van der Waals surface area (Å²) in [4.78, 5) is 2.27. The highest BCUT2D eigenvalue weighted by Gasteiger charge is 2.20. The molecule has 0 aliphatic carbocycles. The van der Waals surface area contributed by atoms with Crippen molar-refractivity contribution in [2.75, 3.05) is 13.1 Å². The number of piperidine rings is 1. The third-order valence-corrected chi connectivity index (χ3v) is 2.75. The van der Waals surface area contributed by atoms with Gasteiger partial charge in [0, 0.05) is 19.2 Å². The van der Waals surface area contributed by atoms with E-state index in [1.807, 2.05) is 13.0 Å². The molecule has 0 aromatic carbocycles. The molecule has 0 spiro atoms. The summed E-state index contributed by atoms with van der Waals surface area (Å²) in [5.41, 5.74) is 0.964. The Morgan fingerprint density at radius 3 is 3.27 bits per heavy atom. The Bertz CT molecular complexity index is 366. The standard InChI is InChI=1S/C11H15N3O/c1-9-5-11(13-15-9)8-14-4-2-3-10(6-12)7-14/h5,10H,2-4,7-8H2,1H3. The van der Waals surface area contributed by atoms with Gasteiger partial charge in [0.05, 0.1) is 17.7 Å². The average Bonchev–Trinajstić information content (AvgIpc) is 2.64. The molecule has 1 atom stereocenters. The topological polar surface area (TPSA) is 53.1 Å². The largest absolute Gasteiger partial charge is 0.361 e. The first-order valence-electron chi connectivity index (χ1n) is 5.32. The van der Waals surface area contributed by atoms with Crippen molar-refractivity contribution in [2.45, 2.75) is 26.3 Å². The van der Waals surface area contributed by atoms with E-state index in [9.17, 15) is 0 Å². The molecule has 1 aromatic heterocycles. The van der Waals surface area contributed by atoms with Crippen LogP contribution in [0.2, 0.25) is 0 Å². The van der Waals surface area contributed by atoms with Gasteiger partial charge in [-0.3, -0.25) is 4.90 Å². The second kappa shape index (κ2) is 4.45. The zero-order valence-corrected chi connectivity index (χ0v) is 8.94. The summed E-state index contributed by atoms with van der Waals surface area (Å²) in [6.07, 6.45) is 2.14. The molecule has 0 radical (unpaired) electrons. The van der Waals surface area contributed by atoms with E-state index in [2.05, 4.69) is 16.1 Å². The maximum absolute atomic E-state index is 8.87. The Labute approximate surface area is 89.5 Å². The van der Waals surface area contributed by atoms with Crippen molar-refractivity contribution in [1.29, 1.82) is 5.26 Å². The van der Waals surface area contributed by atoms with E-state index < -0.39 is 0 Å². The highest BCUT2D eigenvalue weighted by Crippen LogP contribution is 2.17. The van der Waals surface area contributed by atoms with Crippen LogP contribution in [0, 0.1) is 24.2 Å². The van der Waals surface area contributed by atoms with Crippen LogP contribution in [0.1, 0.15) is 24.3 Å². The maximum atomic E-state index is 8.87. The van der Waals surface area contributed by atoms with Crippen molar-refractivity contribution in [3.05, 3.63) is 17.5 Å². The van der Waals surface area contributed by atoms with Gasteiger partial charge in [-0.15, -0.1) is 0 Å². The first-order chi connectivity index (χ1) is 7.28. The van der Waals surface area contributed by atoms with Crippen LogP contribution in [0.3, 0.4) is 0 Å². The highest BCUT2D eigenvalue weighted by atomic mass is 16.5. The maximum Gasteiger partial charge on any atom is 0.133 e. The van der Waals surface area contributed by atoms with Gasteiger partial charge in [-0.05, 0) is 26.3 Å². The molecule has 0 N–H and O–H groups in total. The van der Waals surface area contributed by atoms with E-state index >= 15 is 0 Å². The number of rotatable bonds is 2. The summed E-state index contributed by atoms with van der Waals surface area (Å²) < 4.78 is 5.02. The second-order valence-corrected chi connectivity index (χ2v) is 4.13. The Balaban J connectivity index is 1.92. The predicted octanol–water partition coefficient (Wildman–Crippen LogP) is 1.72. The monoisotopic (exact) mass is 205 g/mol. The van der Waals surface area contributed by atoms with E-state index in [1.165, 1.54) is 0 Å². The summed E-state index contributed by atoms with van der Waals surface area (Å²) in [7, 11) is 0. The van der Waals surface area contributed by atoms with Crippen LogP contribution in [-0.2, 0) is 6.54 Å². The summed E-state index contributed by atoms with van der Waals surface area (Å²) in [6.45, 7) is 4.62. The molecule has 1 aliphatic rings. The lowest BCUT2D eigenvalue weighted by Crippen LogP contribution is -2.34. The van der Waals surface area contributed by atoms with E-state index in [0.29, 0.717) is 0 Å². The van der Waals surface area contributed by atoms with Crippen LogP contribution in [0.4, 0.5) is 0 Å². The zero-order chi connectivity index (χ0) is 10.7. The number of likely N-dealkylation sites (tertiary alicyclic amines) is 1. The molecule has 15 heavy (non-hydrogen) atoms. The quantitative estimate of drug-likeness (QED) is 0.737. The van der Waals surface area contributed by atoms with Gasteiger partial charge in [0.25, 0.3) is 0 Å². The molecule has 0 saturated carbocycles. The first-order valence-corrected chi connectivity index (χ1v) is 5.32. The average molecular weight is 205 g/mol. The van der Waals surface area contributed by atoms with Gasteiger partial charge in [0.2, 0.25) is 0 Å². The molecule has 2 rings (SSSR count). The molecule has 1 aliphatic heterocycles. The number of nitrogens with zero attached hydrogens (tertiary/aromatic N) is 3. The molecular weight excluding hydrogens is 190 g/mol. The molecule has 2 heterocycles. The van der Waals surface area contributed by atoms with E-state index in [1.54, 1.807) is 0 Å². The normalized spacial score (nSPS) is 22.5. The number of aromatic nitrogens is 1. The van der Waals surface area contributed by atoms with Gasteiger partial charge in [0.15, 0.2) is 0 Å². The summed E-state index contributed by atoms with van der Waals surface area (Å²) in [6, 6.07) is 4.29. The van der Waals surface area contributed by atoms with Crippen LogP contribution in [0.15, 0.2) is 10.6 Å². The molecule has 4 heteroatoms. The van der Waals surface area contributed by atoms with E-state index in [0.717, 1.165) is 43.9 Å². The third-order valence-electron chi connectivity index (χ3n) is 2.75. The van der Waals surface area contributed by atoms with Crippen molar-refractivity contribution >= 4 is 0 Å². The third kappa shape index (κ3) is 2.57. The van der Waals surface area contributed by atoms with E-state index in [4.69, 9.17) is 9.78 Å². The van der Waals surface area contributed by atoms with Crippen molar-refractivity contribution in [3.63, 3.8) is 0 Å². The van der Waals surface area contributed by atoms with Crippen LogP contribution >= 0.6 is 0 Å². The van der Waals surface area contributed by atoms with Gasteiger partial charge in [-0.1, -0.05) is 5.16 Å². The lowest BCUT2D eigenvalue weighted by Gasteiger charge is -2.28. The zero-order valence-electron chi connectivity index (χ0n) is 8.94. The molecule has 1 fully saturated rings. The highest BCUT2D eigenvalue weighted by molar-refractivity contribution is 5.03. The van der Waals surface area contributed by atoms with Gasteiger partial charge < -0.3 is 4.52 Å². The fraction of sp³-hybridized carbons (Fsp3) is 0.636. The molecule has 1 unspecified atom stereocenters. The second-order valence-electron chi connectivity index (χ2n) is 4.13. The minimum absolute atomic E-state index is 0.187. The molecule has 1 saturated heterocycles.